The van der Waals surface area contributed by atoms with Crippen LogP contribution in [0.1, 0.15) is 21.7 Å². The number of hydrogen-bond donors (Lipinski definition) is 0. The molecule has 8 heteroatoms. The van der Waals surface area contributed by atoms with E-state index in [1.807, 2.05) is 57.6 Å². The molecule has 0 bridgehead atoms. The number of halogens is 2. The molecule has 0 aliphatic heterocycles. The van der Waals surface area contributed by atoms with Gasteiger partial charge in [-0.05, 0) is 36.4 Å². The Kier molecular flexibility index (Phi) is 4.88. The zero-order chi connectivity index (χ0) is 21.4. The fraction of sp³-hybridized carbons (Fsp3) is 0.0870. The first-order valence-electron chi connectivity index (χ1n) is 9.67. The van der Waals surface area contributed by atoms with E-state index in [-0.39, 0.29) is 23.7 Å². The average Bonchev–Trinajstić information content (AvgIpc) is 3.37. The van der Waals surface area contributed by atoms with Gasteiger partial charge in [0.1, 0.15) is 17.1 Å². The van der Waals surface area contributed by atoms with Gasteiger partial charge in [-0.25, -0.2) is 14.4 Å². The van der Waals surface area contributed by atoms with Crippen LogP contribution in [0.2, 0.25) is 5.02 Å². The number of nitrogens with zero attached hydrogens (tertiary/aromatic N) is 5. The lowest BCUT2D eigenvalue weighted by Gasteiger charge is -2.23. The van der Waals surface area contributed by atoms with Crippen molar-refractivity contribution in [3.63, 3.8) is 0 Å². The predicted molar refractivity (Wildman–Crippen MR) is 115 cm³/mol. The molecule has 0 saturated heterocycles. The van der Waals surface area contributed by atoms with Crippen LogP contribution in [0.5, 0.6) is 0 Å². The van der Waals surface area contributed by atoms with Gasteiger partial charge < -0.3 is 13.7 Å². The molecule has 0 atom stereocenters. The van der Waals surface area contributed by atoms with E-state index in [0.717, 1.165) is 22.7 Å². The molecule has 0 unspecified atom stereocenters. The summed E-state index contributed by atoms with van der Waals surface area (Å²) in [6, 6.07) is 15.6. The fourth-order valence-corrected chi connectivity index (χ4v) is 3.90. The standard InChI is InChI=1S/C23H17ClFN5O/c24-18-6-5-7-19(25)22(18)23(31)28(14-16-12-26-20-8-1-3-10-29(16)20)15-17-13-27-21-9-2-4-11-30(17)21/h1-13H,14-15H2. The highest BCUT2D eigenvalue weighted by Crippen LogP contribution is 2.23. The van der Waals surface area contributed by atoms with Crippen LogP contribution in [0.4, 0.5) is 4.39 Å². The Morgan fingerprint density at radius 2 is 1.45 bits per heavy atom. The Morgan fingerprint density at radius 3 is 2.00 bits per heavy atom. The fourth-order valence-electron chi connectivity index (χ4n) is 3.65. The lowest BCUT2D eigenvalue weighted by Crippen LogP contribution is -2.32. The Labute approximate surface area is 182 Å². The number of carbonyl (C=O) groups is 1. The van der Waals surface area contributed by atoms with E-state index in [1.54, 1.807) is 17.3 Å². The number of rotatable bonds is 5. The minimum atomic E-state index is -0.654. The van der Waals surface area contributed by atoms with Crippen LogP contribution in [-0.2, 0) is 13.1 Å². The molecule has 0 radical (unpaired) electrons. The molecule has 31 heavy (non-hydrogen) atoms. The number of benzene rings is 1. The summed E-state index contributed by atoms with van der Waals surface area (Å²) in [5, 5.41) is 0.0753. The topological polar surface area (TPSA) is 54.9 Å². The molecule has 4 heterocycles. The maximum Gasteiger partial charge on any atom is 0.259 e. The summed E-state index contributed by atoms with van der Waals surface area (Å²) in [6.45, 7) is 0.434. The third-order valence-corrected chi connectivity index (χ3v) is 5.47. The number of hydrogen-bond acceptors (Lipinski definition) is 3. The van der Waals surface area contributed by atoms with Gasteiger partial charge in [0.05, 0.1) is 47.5 Å². The number of fused-ring (bicyclic) bond motifs is 2. The predicted octanol–water partition coefficient (Wildman–Crippen LogP) is 4.62. The highest BCUT2D eigenvalue weighted by molar-refractivity contribution is 6.33. The Hall–Kier alpha value is -3.71. The average molecular weight is 434 g/mol. The second-order valence-electron chi connectivity index (χ2n) is 7.11. The lowest BCUT2D eigenvalue weighted by molar-refractivity contribution is 0.0720. The van der Waals surface area contributed by atoms with Crippen molar-refractivity contribution >= 4 is 28.8 Å². The Balaban J connectivity index is 1.57. The van der Waals surface area contributed by atoms with Crippen LogP contribution in [0.15, 0.2) is 79.4 Å². The molecule has 0 aliphatic carbocycles. The molecule has 0 fully saturated rings. The minimum Gasteiger partial charge on any atom is -0.327 e. The number of aromatic nitrogens is 4. The second kappa shape index (κ2) is 7.85. The number of amides is 1. The molecule has 4 aromatic heterocycles. The van der Waals surface area contributed by atoms with Crippen molar-refractivity contribution in [1.82, 2.24) is 23.7 Å². The van der Waals surface area contributed by atoms with Gasteiger partial charge in [-0.15, -0.1) is 0 Å². The van der Waals surface area contributed by atoms with Gasteiger partial charge >= 0.3 is 0 Å². The van der Waals surface area contributed by atoms with Gasteiger partial charge in [-0.3, -0.25) is 4.79 Å². The van der Waals surface area contributed by atoms with E-state index >= 15 is 0 Å². The molecule has 0 N–H and O–H groups in total. The molecule has 1 aromatic carbocycles. The van der Waals surface area contributed by atoms with Crippen LogP contribution < -0.4 is 0 Å². The zero-order valence-electron chi connectivity index (χ0n) is 16.3. The number of carbonyl (C=O) groups excluding carboxylic acids is 1. The molecule has 5 aromatic rings. The van der Waals surface area contributed by atoms with Crippen molar-refractivity contribution in [1.29, 1.82) is 0 Å². The van der Waals surface area contributed by atoms with Crippen LogP contribution >= 0.6 is 11.6 Å². The van der Waals surface area contributed by atoms with Crippen molar-refractivity contribution < 1.29 is 9.18 Å². The van der Waals surface area contributed by atoms with Gasteiger partial charge in [0, 0.05) is 12.4 Å². The summed E-state index contributed by atoms with van der Waals surface area (Å²) in [5.74, 6) is -1.15. The van der Waals surface area contributed by atoms with E-state index in [1.165, 1.54) is 18.2 Å². The van der Waals surface area contributed by atoms with E-state index in [9.17, 15) is 9.18 Å². The summed E-state index contributed by atoms with van der Waals surface area (Å²) in [6.07, 6.45) is 7.19. The van der Waals surface area contributed by atoms with Crippen molar-refractivity contribution in [3.05, 3.63) is 107 Å². The summed E-state index contributed by atoms with van der Waals surface area (Å²) >= 11 is 6.20. The third-order valence-electron chi connectivity index (χ3n) is 5.16. The van der Waals surface area contributed by atoms with E-state index in [0.29, 0.717) is 0 Å². The summed E-state index contributed by atoms with van der Waals surface area (Å²) in [7, 11) is 0. The van der Waals surface area contributed by atoms with Crippen molar-refractivity contribution in [3.8, 4) is 0 Å². The van der Waals surface area contributed by atoms with Gasteiger partial charge in [-0.2, -0.15) is 0 Å². The van der Waals surface area contributed by atoms with Crippen molar-refractivity contribution in [2.75, 3.05) is 0 Å². The van der Waals surface area contributed by atoms with E-state index < -0.39 is 11.7 Å². The molecule has 0 saturated carbocycles. The highest BCUT2D eigenvalue weighted by atomic mass is 35.5. The molecule has 154 valence electrons. The van der Waals surface area contributed by atoms with Crippen LogP contribution in [0, 0.1) is 5.82 Å². The van der Waals surface area contributed by atoms with Crippen LogP contribution in [0.3, 0.4) is 0 Å². The second-order valence-corrected chi connectivity index (χ2v) is 7.52. The molecule has 6 nitrogen and oxygen atoms in total. The first kappa shape index (κ1) is 19.3. The third kappa shape index (κ3) is 3.53. The van der Waals surface area contributed by atoms with Crippen molar-refractivity contribution in [2.24, 2.45) is 0 Å². The number of imidazole rings is 2. The first-order valence-corrected chi connectivity index (χ1v) is 10.0. The smallest absolute Gasteiger partial charge is 0.259 e. The van der Waals surface area contributed by atoms with Gasteiger partial charge in [0.15, 0.2) is 0 Å². The Bertz CT molecular complexity index is 1310. The lowest BCUT2D eigenvalue weighted by atomic mass is 10.1. The minimum absolute atomic E-state index is 0.0753. The maximum atomic E-state index is 14.6. The maximum absolute atomic E-state index is 14.6. The molecule has 1 amide bonds. The van der Waals surface area contributed by atoms with E-state index in [4.69, 9.17) is 11.6 Å². The van der Waals surface area contributed by atoms with Gasteiger partial charge in [0.25, 0.3) is 5.91 Å². The zero-order valence-corrected chi connectivity index (χ0v) is 17.1. The SMILES string of the molecule is O=C(c1c(F)cccc1Cl)N(Cc1cnc2ccccn12)Cc1cnc2ccccn12. The largest absolute Gasteiger partial charge is 0.327 e. The highest BCUT2D eigenvalue weighted by Gasteiger charge is 2.24. The summed E-state index contributed by atoms with van der Waals surface area (Å²) < 4.78 is 18.4. The molecule has 0 spiro atoms. The monoisotopic (exact) mass is 433 g/mol. The summed E-state index contributed by atoms with van der Waals surface area (Å²) in [5.41, 5.74) is 2.98. The van der Waals surface area contributed by atoms with Gasteiger partial charge in [0.2, 0.25) is 0 Å². The van der Waals surface area contributed by atoms with E-state index in [2.05, 4.69) is 9.97 Å². The van der Waals surface area contributed by atoms with Crippen LogP contribution in [0.25, 0.3) is 11.3 Å². The normalized spacial score (nSPS) is 11.3. The first-order chi connectivity index (χ1) is 15.1. The molecule has 0 aliphatic rings. The molecule has 5 rings (SSSR count). The van der Waals surface area contributed by atoms with Crippen LogP contribution in [-0.4, -0.2) is 29.6 Å². The quantitative estimate of drug-likeness (QED) is 0.406. The van der Waals surface area contributed by atoms with Gasteiger partial charge in [-0.1, -0.05) is 29.8 Å². The van der Waals surface area contributed by atoms with Crippen molar-refractivity contribution in [2.45, 2.75) is 13.1 Å². The Morgan fingerprint density at radius 1 is 0.871 bits per heavy atom. The summed E-state index contributed by atoms with van der Waals surface area (Å²) in [4.78, 5) is 23.8. The molecular formula is C23H17ClFN5O. The number of pyridine rings is 2. The molecular weight excluding hydrogens is 417 g/mol.